The Balaban J connectivity index is 1.87. The molecule has 0 unspecified atom stereocenters. The van der Waals surface area contributed by atoms with Crippen LogP contribution in [0.1, 0.15) is 11.3 Å². The zero-order chi connectivity index (χ0) is 17.1. The molecule has 2 N–H and O–H groups in total. The van der Waals surface area contributed by atoms with E-state index in [4.69, 9.17) is 0 Å². The molecule has 1 aromatic heterocycles. The molecule has 1 heterocycles. The zero-order valence-corrected chi connectivity index (χ0v) is 13.3. The van der Waals surface area contributed by atoms with Crippen LogP contribution >= 0.6 is 0 Å². The second-order valence-electron chi connectivity index (χ2n) is 5.43. The van der Waals surface area contributed by atoms with Gasteiger partial charge in [0.1, 0.15) is 23.1 Å². The molecule has 0 amide bonds. The highest BCUT2D eigenvalue weighted by Gasteiger charge is 2.10. The molecule has 0 aliphatic rings. The largest absolute Gasteiger partial charge is 0.335 e. The Bertz CT molecular complexity index is 843. The lowest BCUT2D eigenvalue weighted by atomic mass is 10.2. The smallest absolute Gasteiger partial charge is 0.229 e. The fourth-order valence-electron chi connectivity index (χ4n) is 2.20. The molecule has 0 aliphatic heterocycles. The Morgan fingerprint density at radius 2 is 1.50 bits per heavy atom. The van der Waals surface area contributed by atoms with E-state index in [2.05, 4.69) is 20.6 Å². The first-order valence-corrected chi connectivity index (χ1v) is 7.42. The molecule has 0 saturated carbocycles. The molecule has 6 heteroatoms. The first-order chi connectivity index (χ1) is 11.5. The molecule has 24 heavy (non-hydrogen) atoms. The summed E-state index contributed by atoms with van der Waals surface area (Å²) in [6, 6.07) is 13.0. The molecule has 4 nitrogen and oxygen atoms in total. The number of halogens is 2. The Labute approximate surface area is 138 Å². The molecule has 3 aromatic rings. The molecule has 0 bridgehead atoms. The topological polar surface area (TPSA) is 49.8 Å². The molecule has 3 rings (SSSR count). The van der Waals surface area contributed by atoms with Crippen molar-refractivity contribution in [3.05, 3.63) is 71.4 Å². The first kappa shape index (κ1) is 15.9. The molecule has 0 radical (unpaired) electrons. The van der Waals surface area contributed by atoms with E-state index in [1.165, 1.54) is 18.2 Å². The maximum Gasteiger partial charge on any atom is 0.229 e. The summed E-state index contributed by atoms with van der Waals surface area (Å²) in [6.07, 6.45) is 0. The van der Waals surface area contributed by atoms with E-state index in [0.29, 0.717) is 17.5 Å². The third-order valence-corrected chi connectivity index (χ3v) is 3.38. The lowest BCUT2D eigenvalue weighted by Crippen LogP contribution is -2.04. The minimum Gasteiger partial charge on any atom is -0.335 e. The lowest BCUT2D eigenvalue weighted by Gasteiger charge is -2.11. The summed E-state index contributed by atoms with van der Waals surface area (Å²) < 4.78 is 27.5. The normalized spacial score (nSPS) is 10.5. The highest BCUT2D eigenvalue weighted by Crippen LogP contribution is 2.23. The second-order valence-corrected chi connectivity index (χ2v) is 5.43. The van der Waals surface area contributed by atoms with Crippen LogP contribution in [0.2, 0.25) is 0 Å². The third kappa shape index (κ3) is 3.65. The molecule has 0 atom stereocenters. The van der Waals surface area contributed by atoms with E-state index in [-0.39, 0.29) is 5.69 Å². The highest BCUT2D eigenvalue weighted by atomic mass is 19.1. The number of anilines is 4. The van der Waals surface area contributed by atoms with Gasteiger partial charge in [-0.3, -0.25) is 0 Å². The Kier molecular flexibility index (Phi) is 4.37. The van der Waals surface area contributed by atoms with E-state index in [9.17, 15) is 8.78 Å². The van der Waals surface area contributed by atoms with Crippen LogP contribution in [0.4, 0.5) is 31.9 Å². The summed E-state index contributed by atoms with van der Waals surface area (Å²) in [5.41, 5.74) is 2.40. The number of nitrogens with one attached hydrogen (secondary N) is 2. The molecule has 122 valence electrons. The van der Waals surface area contributed by atoms with Gasteiger partial charge in [-0.2, -0.15) is 4.98 Å². The Morgan fingerprint density at radius 1 is 0.833 bits per heavy atom. The van der Waals surface area contributed by atoms with Crippen molar-refractivity contribution in [3.8, 4) is 0 Å². The first-order valence-electron chi connectivity index (χ1n) is 7.42. The van der Waals surface area contributed by atoms with E-state index < -0.39 is 11.6 Å². The van der Waals surface area contributed by atoms with Crippen molar-refractivity contribution in [2.75, 3.05) is 10.6 Å². The number of hydrogen-bond acceptors (Lipinski definition) is 4. The molecule has 0 spiro atoms. The van der Waals surface area contributed by atoms with Crippen LogP contribution in [0, 0.1) is 25.5 Å². The monoisotopic (exact) mass is 326 g/mol. The predicted octanol–water partition coefficient (Wildman–Crippen LogP) is 4.86. The summed E-state index contributed by atoms with van der Waals surface area (Å²) in [6.45, 7) is 3.78. The number of benzene rings is 2. The van der Waals surface area contributed by atoms with Crippen LogP contribution < -0.4 is 10.6 Å². The number of rotatable bonds is 4. The van der Waals surface area contributed by atoms with E-state index in [1.54, 1.807) is 13.0 Å². The number of nitrogens with zero attached hydrogens (tertiary/aromatic N) is 2. The fourth-order valence-corrected chi connectivity index (χ4v) is 2.20. The SMILES string of the molecule is Cc1ccc(Nc2nc(C)cc(Nc3c(F)cccc3F)n2)cc1. The Morgan fingerprint density at radius 3 is 2.17 bits per heavy atom. The highest BCUT2D eigenvalue weighted by molar-refractivity contribution is 5.61. The van der Waals surface area contributed by atoms with Crippen LogP contribution in [-0.2, 0) is 0 Å². The maximum absolute atomic E-state index is 13.8. The fraction of sp³-hybridized carbons (Fsp3) is 0.111. The van der Waals surface area contributed by atoms with Gasteiger partial charge in [0.25, 0.3) is 0 Å². The van der Waals surface area contributed by atoms with Crippen molar-refractivity contribution in [1.29, 1.82) is 0 Å². The molecular weight excluding hydrogens is 310 g/mol. The minimum absolute atomic E-state index is 0.239. The van der Waals surface area contributed by atoms with Crippen molar-refractivity contribution in [3.63, 3.8) is 0 Å². The van der Waals surface area contributed by atoms with Crippen molar-refractivity contribution < 1.29 is 8.78 Å². The van der Waals surface area contributed by atoms with Gasteiger partial charge in [0.05, 0.1) is 0 Å². The number of aryl methyl sites for hydroxylation is 2. The molecule has 0 fully saturated rings. The Hall–Kier alpha value is -3.02. The van der Waals surface area contributed by atoms with Gasteiger partial charge >= 0.3 is 0 Å². The van der Waals surface area contributed by atoms with Crippen molar-refractivity contribution in [2.45, 2.75) is 13.8 Å². The second kappa shape index (κ2) is 6.62. The summed E-state index contributed by atoms with van der Waals surface area (Å²) in [5.74, 6) is -0.710. The van der Waals surface area contributed by atoms with E-state index in [0.717, 1.165) is 11.3 Å². The van der Waals surface area contributed by atoms with Gasteiger partial charge in [-0.15, -0.1) is 0 Å². The van der Waals surface area contributed by atoms with Crippen molar-refractivity contribution in [1.82, 2.24) is 9.97 Å². The molecule has 2 aromatic carbocycles. The molecule has 0 aliphatic carbocycles. The zero-order valence-electron chi connectivity index (χ0n) is 13.3. The lowest BCUT2D eigenvalue weighted by molar-refractivity contribution is 0.590. The van der Waals surface area contributed by atoms with Gasteiger partial charge in [-0.25, -0.2) is 13.8 Å². The number of aromatic nitrogens is 2. The van der Waals surface area contributed by atoms with Gasteiger partial charge in [0.15, 0.2) is 0 Å². The van der Waals surface area contributed by atoms with E-state index >= 15 is 0 Å². The average Bonchev–Trinajstić information content (AvgIpc) is 2.53. The van der Waals surface area contributed by atoms with Gasteiger partial charge < -0.3 is 10.6 Å². The van der Waals surface area contributed by atoms with Crippen LogP contribution in [0.5, 0.6) is 0 Å². The summed E-state index contributed by atoms with van der Waals surface area (Å²) in [4.78, 5) is 8.55. The number of para-hydroxylation sites is 1. The van der Waals surface area contributed by atoms with Crippen LogP contribution in [0.15, 0.2) is 48.5 Å². The maximum atomic E-state index is 13.8. The van der Waals surface area contributed by atoms with Crippen molar-refractivity contribution >= 4 is 23.1 Å². The number of hydrogen-bond donors (Lipinski definition) is 2. The quantitative estimate of drug-likeness (QED) is 0.719. The van der Waals surface area contributed by atoms with Gasteiger partial charge in [0.2, 0.25) is 5.95 Å². The van der Waals surface area contributed by atoms with Crippen LogP contribution in [-0.4, -0.2) is 9.97 Å². The standard InChI is InChI=1S/C18H16F2N4/c1-11-6-8-13(9-7-11)22-18-21-12(2)10-16(24-18)23-17-14(19)4-3-5-15(17)20/h3-10H,1-2H3,(H2,21,22,23,24). The minimum atomic E-state index is -0.681. The summed E-state index contributed by atoms with van der Waals surface area (Å²) in [7, 11) is 0. The van der Waals surface area contributed by atoms with Crippen LogP contribution in [0.25, 0.3) is 0 Å². The van der Waals surface area contributed by atoms with E-state index in [1.807, 2.05) is 31.2 Å². The summed E-state index contributed by atoms with van der Waals surface area (Å²) >= 11 is 0. The van der Waals surface area contributed by atoms with Crippen molar-refractivity contribution in [2.24, 2.45) is 0 Å². The third-order valence-electron chi connectivity index (χ3n) is 3.38. The average molecular weight is 326 g/mol. The van der Waals surface area contributed by atoms with Gasteiger partial charge in [0, 0.05) is 17.4 Å². The van der Waals surface area contributed by atoms with Crippen LogP contribution in [0.3, 0.4) is 0 Å². The van der Waals surface area contributed by atoms with Gasteiger partial charge in [-0.1, -0.05) is 23.8 Å². The molecule has 0 saturated heterocycles. The van der Waals surface area contributed by atoms with Gasteiger partial charge in [-0.05, 0) is 38.1 Å². The predicted molar refractivity (Wildman–Crippen MR) is 90.9 cm³/mol. The molecular formula is C18H16F2N4. The summed E-state index contributed by atoms with van der Waals surface area (Å²) in [5, 5.41) is 5.75.